The van der Waals surface area contributed by atoms with Crippen LogP contribution in [0, 0.1) is 0 Å². The van der Waals surface area contributed by atoms with Crippen molar-refractivity contribution in [2.24, 2.45) is 0 Å². The normalized spacial score (nSPS) is 15.9. The van der Waals surface area contributed by atoms with Gasteiger partial charge in [-0.2, -0.15) is 5.10 Å². The van der Waals surface area contributed by atoms with E-state index >= 15 is 0 Å². The minimum atomic E-state index is -0.191. The van der Waals surface area contributed by atoms with Crippen LogP contribution in [0.15, 0.2) is 60.2 Å². The molecule has 0 fully saturated rings. The Kier molecular flexibility index (Phi) is 4.70. The van der Waals surface area contributed by atoms with Gasteiger partial charge in [-0.05, 0) is 29.7 Å². The Bertz CT molecular complexity index is 918. The van der Waals surface area contributed by atoms with Crippen molar-refractivity contribution in [1.29, 1.82) is 0 Å². The van der Waals surface area contributed by atoms with Crippen molar-refractivity contribution in [3.8, 4) is 11.5 Å². The van der Waals surface area contributed by atoms with E-state index in [4.69, 9.17) is 9.47 Å². The molecule has 26 heavy (non-hydrogen) atoms. The molecule has 132 valence electrons. The summed E-state index contributed by atoms with van der Waals surface area (Å²) in [5, 5.41) is 9.04. The number of nitrogens with one attached hydrogen (secondary N) is 1. The Morgan fingerprint density at radius 2 is 2.19 bits per heavy atom. The zero-order valence-electron chi connectivity index (χ0n) is 13.9. The summed E-state index contributed by atoms with van der Waals surface area (Å²) in [5.74, 6) is 1.31. The highest BCUT2D eigenvalue weighted by Gasteiger charge is 2.21. The molecule has 0 saturated carbocycles. The van der Waals surface area contributed by atoms with E-state index in [9.17, 15) is 4.79 Å². The van der Waals surface area contributed by atoms with Gasteiger partial charge in [0, 0.05) is 17.2 Å². The van der Waals surface area contributed by atoms with Crippen LogP contribution < -0.4 is 14.8 Å². The molecule has 2 aromatic heterocycles. The van der Waals surface area contributed by atoms with Gasteiger partial charge in [-0.15, -0.1) is 11.3 Å². The van der Waals surface area contributed by atoms with Crippen molar-refractivity contribution in [1.82, 2.24) is 9.78 Å². The molecular formula is C19H17N3O3S. The van der Waals surface area contributed by atoms with Crippen molar-refractivity contribution in [2.75, 3.05) is 11.9 Å². The molecule has 0 aliphatic carbocycles. The molecule has 0 radical (unpaired) electrons. The van der Waals surface area contributed by atoms with E-state index in [1.165, 1.54) is 6.08 Å². The number of carbonyl (C=O) groups excluding carboxylic acids is 1. The Morgan fingerprint density at radius 3 is 3.04 bits per heavy atom. The number of nitrogens with zero attached hydrogens (tertiary/aromatic N) is 2. The molecule has 1 N–H and O–H groups in total. The maximum absolute atomic E-state index is 12.0. The number of aromatic nitrogens is 2. The number of thiophene rings is 1. The summed E-state index contributed by atoms with van der Waals surface area (Å²) in [4.78, 5) is 13.0. The maximum Gasteiger partial charge on any atom is 0.248 e. The lowest BCUT2D eigenvalue weighted by Crippen LogP contribution is -2.33. The van der Waals surface area contributed by atoms with Crippen LogP contribution in [0.1, 0.15) is 4.88 Å². The Balaban J connectivity index is 1.33. The van der Waals surface area contributed by atoms with Gasteiger partial charge in [0.1, 0.15) is 6.61 Å². The van der Waals surface area contributed by atoms with E-state index in [-0.39, 0.29) is 12.0 Å². The summed E-state index contributed by atoms with van der Waals surface area (Å²) in [6, 6.07) is 11.5. The molecule has 1 unspecified atom stereocenters. The highest BCUT2D eigenvalue weighted by atomic mass is 32.1. The fourth-order valence-electron chi connectivity index (χ4n) is 2.62. The molecule has 7 heteroatoms. The van der Waals surface area contributed by atoms with Gasteiger partial charge in [0.2, 0.25) is 5.91 Å². The van der Waals surface area contributed by atoms with E-state index in [0.29, 0.717) is 18.8 Å². The average molecular weight is 367 g/mol. The van der Waals surface area contributed by atoms with Crippen LogP contribution in [0.5, 0.6) is 11.5 Å². The van der Waals surface area contributed by atoms with Gasteiger partial charge in [-0.3, -0.25) is 9.48 Å². The minimum Gasteiger partial charge on any atom is -0.486 e. The van der Waals surface area contributed by atoms with Crippen LogP contribution in [0.3, 0.4) is 0 Å². The highest BCUT2D eigenvalue weighted by molar-refractivity contribution is 7.10. The van der Waals surface area contributed by atoms with Gasteiger partial charge >= 0.3 is 0 Å². The molecule has 6 nitrogen and oxygen atoms in total. The molecule has 4 rings (SSSR count). The second kappa shape index (κ2) is 7.45. The predicted molar refractivity (Wildman–Crippen MR) is 101 cm³/mol. The highest BCUT2D eigenvalue weighted by Crippen LogP contribution is 2.31. The number of anilines is 1. The van der Waals surface area contributed by atoms with Crippen LogP contribution >= 0.6 is 11.3 Å². The number of ether oxygens (including phenoxy) is 2. The van der Waals surface area contributed by atoms with Gasteiger partial charge < -0.3 is 14.8 Å². The molecule has 1 amide bonds. The summed E-state index contributed by atoms with van der Waals surface area (Å²) in [6.07, 6.45) is 6.56. The predicted octanol–water partition coefficient (Wildman–Crippen LogP) is 3.44. The fourth-order valence-corrected chi connectivity index (χ4v) is 3.24. The Labute approximate surface area is 154 Å². The molecule has 3 aromatic rings. The second-order valence-corrected chi connectivity index (χ2v) is 6.77. The molecule has 1 aliphatic heterocycles. The molecule has 0 bridgehead atoms. The first-order valence-corrected chi connectivity index (χ1v) is 9.08. The number of carbonyl (C=O) groups is 1. The van der Waals surface area contributed by atoms with Gasteiger partial charge in [0.05, 0.1) is 18.4 Å². The Morgan fingerprint density at radius 1 is 1.31 bits per heavy atom. The van der Waals surface area contributed by atoms with Crippen LogP contribution in [0.2, 0.25) is 0 Å². The quantitative estimate of drug-likeness (QED) is 0.702. The standard InChI is InChI=1S/C19H17N3O3S/c23-19(8-7-16-4-3-9-26-16)21-14-10-20-22(11-14)12-15-13-24-17-5-1-2-6-18(17)25-15/h1-11,15H,12-13H2,(H,21,23)/b8-7+. The first-order chi connectivity index (χ1) is 12.8. The smallest absolute Gasteiger partial charge is 0.248 e. The van der Waals surface area contributed by atoms with E-state index in [0.717, 1.165) is 16.4 Å². The Hall–Kier alpha value is -3.06. The molecule has 3 heterocycles. The summed E-state index contributed by atoms with van der Waals surface area (Å²) in [7, 11) is 0. The minimum absolute atomic E-state index is 0.132. The third-order valence-electron chi connectivity index (χ3n) is 3.80. The van der Waals surface area contributed by atoms with E-state index < -0.39 is 0 Å². The van der Waals surface area contributed by atoms with Crippen molar-refractivity contribution < 1.29 is 14.3 Å². The lowest BCUT2D eigenvalue weighted by molar-refractivity contribution is -0.111. The van der Waals surface area contributed by atoms with Gasteiger partial charge in [0.25, 0.3) is 0 Å². The molecule has 0 saturated heterocycles. The SMILES string of the molecule is O=C(/C=C/c1cccs1)Nc1cnn(CC2COc3ccccc3O2)c1. The van der Waals surface area contributed by atoms with Crippen LogP contribution in [-0.4, -0.2) is 28.4 Å². The zero-order valence-corrected chi connectivity index (χ0v) is 14.7. The lowest BCUT2D eigenvalue weighted by atomic mass is 10.2. The van der Waals surface area contributed by atoms with Gasteiger partial charge in [-0.1, -0.05) is 18.2 Å². The third kappa shape index (κ3) is 3.94. The van der Waals surface area contributed by atoms with Crippen LogP contribution in [0.25, 0.3) is 6.08 Å². The second-order valence-electron chi connectivity index (χ2n) is 5.79. The fraction of sp³-hybridized carbons (Fsp3) is 0.158. The molecule has 0 spiro atoms. The van der Waals surface area contributed by atoms with Crippen molar-refractivity contribution in [3.63, 3.8) is 0 Å². The molecule has 1 aromatic carbocycles. The van der Waals surface area contributed by atoms with Crippen molar-refractivity contribution >= 4 is 29.0 Å². The molecule has 1 atom stereocenters. The first-order valence-electron chi connectivity index (χ1n) is 8.20. The van der Waals surface area contributed by atoms with E-state index in [1.807, 2.05) is 41.8 Å². The van der Waals surface area contributed by atoms with Crippen LogP contribution in [-0.2, 0) is 11.3 Å². The van der Waals surface area contributed by atoms with Crippen molar-refractivity contribution in [2.45, 2.75) is 12.6 Å². The van der Waals surface area contributed by atoms with Gasteiger partial charge in [-0.25, -0.2) is 0 Å². The zero-order chi connectivity index (χ0) is 17.8. The number of rotatable bonds is 5. The summed E-state index contributed by atoms with van der Waals surface area (Å²) in [5.41, 5.74) is 0.642. The largest absolute Gasteiger partial charge is 0.486 e. The number of hydrogen-bond acceptors (Lipinski definition) is 5. The maximum atomic E-state index is 12.0. The summed E-state index contributed by atoms with van der Waals surface area (Å²) >= 11 is 1.58. The molecular weight excluding hydrogens is 350 g/mol. The number of benzene rings is 1. The number of hydrogen-bond donors (Lipinski definition) is 1. The van der Waals surface area contributed by atoms with E-state index in [1.54, 1.807) is 34.5 Å². The summed E-state index contributed by atoms with van der Waals surface area (Å²) in [6.45, 7) is 0.997. The number of fused-ring (bicyclic) bond motifs is 1. The van der Waals surface area contributed by atoms with E-state index in [2.05, 4.69) is 10.4 Å². The average Bonchev–Trinajstić information content (AvgIpc) is 3.32. The monoisotopic (exact) mass is 367 g/mol. The van der Waals surface area contributed by atoms with Gasteiger partial charge in [0.15, 0.2) is 17.6 Å². The van der Waals surface area contributed by atoms with Crippen molar-refractivity contribution in [3.05, 3.63) is 65.1 Å². The third-order valence-corrected chi connectivity index (χ3v) is 4.64. The summed E-state index contributed by atoms with van der Waals surface area (Å²) < 4.78 is 13.4. The number of para-hydroxylation sites is 2. The molecule has 1 aliphatic rings. The first kappa shape index (κ1) is 16.4. The number of amides is 1. The topological polar surface area (TPSA) is 65.4 Å². The van der Waals surface area contributed by atoms with Crippen LogP contribution in [0.4, 0.5) is 5.69 Å². The lowest BCUT2D eigenvalue weighted by Gasteiger charge is -2.26.